The molecule has 0 spiro atoms. The summed E-state index contributed by atoms with van der Waals surface area (Å²) < 4.78 is 5.36. The smallest absolute Gasteiger partial charge is 0.119 e. The molecule has 0 amide bonds. The molecule has 0 aliphatic carbocycles. The molecular weight excluding hydrogens is 854 g/mol. The molecule has 0 fully saturated rings. The van der Waals surface area contributed by atoms with E-state index < -0.39 is 0 Å². The van der Waals surface area contributed by atoms with E-state index in [1.807, 2.05) is 7.11 Å². The van der Waals surface area contributed by atoms with Gasteiger partial charge < -0.3 is 29.8 Å². The van der Waals surface area contributed by atoms with Crippen molar-refractivity contribution in [1.29, 1.82) is 0 Å². The number of ether oxygens (including phenoxy) is 1. The fraction of sp³-hybridized carbons (Fsp3) is 0.979. The van der Waals surface area contributed by atoms with Gasteiger partial charge in [0, 0.05) is 61.0 Å². The van der Waals surface area contributed by atoms with Gasteiger partial charge in [-0.3, -0.25) is 0 Å². The molecule has 0 aromatic carbocycles. The number of hydrogen-bond acceptors (Lipinski definition) is 6. The van der Waals surface area contributed by atoms with E-state index in [-0.39, 0.29) is 34.3 Å². The number of rotatable bonds is 42. The number of aliphatic hydroxyl groups is 3. The van der Waals surface area contributed by atoms with Crippen molar-refractivity contribution >= 4 is 6.29 Å². The topological polar surface area (TPSA) is 90.2 Å². The summed E-state index contributed by atoms with van der Waals surface area (Å²) in [5, 5.41) is 26.9. The molecule has 3 N–H and O–H groups in total. The molecule has 0 saturated carbocycles. The Bertz CT molecular complexity index is 643. The van der Waals surface area contributed by atoms with E-state index in [4.69, 9.17) is 14.9 Å². The Morgan fingerprint density at radius 2 is 0.782 bits per heavy atom. The number of unbranched alkanes of at least 4 members (excludes halogenated alkanes) is 22. The van der Waals surface area contributed by atoms with Crippen LogP contribution in [-0.2, 0) is 30.6 Å². The maximum Gasteiger partial charge on any atom is 0.119 e. The molecule has 2 atom stereocenters. The van der Waals surface area contributed by atoms with Crippen molar-refractivity contribution in [3.05, 3.63) is 0 Å². The summed E-state index contributed by atoms with van der Waals surface area (Å²) in [5.74, 6) is 1.40. The third-order valence-electron chi connectivity index (χ3n) is 10.8. The maximum absolute atomic E-state index is 10.2. The molecule has 334 valence electrons. The van der Waals surface area contributed by atoms with E-state index in [0.717, 1.165) is 89.8 Å². The predicted octanol–water partition coefficient (Wildman–Crippen LogP) is 13.3. The van der Waals surface area contributed by atoms with Crippen LogP contribution in [0.15, 0.2) is 0 Å². The minimum atomic E-state index is 0. The zero-order valence-corrected chi connectivity index (χ0v) is 41.0. The Morgan fingerprint density at radius 1 is 0.455 bits per heavy atom. The molecule has 0 aromatic heterocycles. The molecular formula is C48H101NO5W. The van der Waals surface area contributed by atoms with E-state index in [1.54, 1.807) is 0 Å². The zero-order valence-electron chi connectivity index (χ0n) is 38.0. The SMILES string of the molecule is CCCCCCCCC(CCCCCC)COC.CCCCCCCCC(CO)CCCCCC.O=CCCCCCN(CCCCO)CCCCCO.[W]. The number of carbonyl (C=O) groups excluding carboxylic acids is 1. The summed E-state index contributed by atoms with van der Waals surface area (Å²) in [6.45, 7) is 14.2. The summed E-state index contributed by atoms with van der Waals surface area (Å²) >= 11 is 0. The van der Waals surface area contributed by atoms with E-state index in [2.05, 4.69) is 32.6 Å². The van der Waals surface area contributed by atoms with Gasteiger partial charge in [-0.2, -0.15) is 0 Å². The van der Waals surface area contributed by atoms with Crippen molar-refractivity contribution < 1.29 is 45.9 Å². The van der Waals surface area contributed by atoms with E-state index in [0.29, 0.717) is 18.9 Å². The summed E-state index contributed by atoms with van der Waals surface area (Å²) in [6, 6.07) is 0. The first kappa shape index (κ1) is 61.8. The Balaban J connectivity index is -0.000000352. The van der Waals surface area contributed by atoms with Crippen LogP contribution in [0.4, 0.5) is 0 Å². The van der Waals surface area contributed by atoms with Crippen LogP contribution in [0.5, 0.6) is 0 Å². The van der Waals surface area contributed by atoms with Gasteiger partial charge in [-0.25, -0.2) is 0 Å². The third kappa shape index (κ3) is 56.3. The minimum Gasteiger partial charge on any atom is -0.396 e. The van der Waals surface area contributed by atoms with Gasteiger partial charge in [-0.15, -0.1) is 0 Å². The number of carbonyl (C=O) groups is 1. The zero-order chi connectivity index (χ0) is 40.4. The molecule has 0 heterocycles. The van der Waals surface area contributed by atoms with Crippen LogP contribution in [-0.4, -0.2) is 79.7 Å². The first-order chi connectivity index (χ1) is 26.5. The number of methoxy groups -OCH3 is 1. The van der Waals surface area contributed by atoms with Crippen molar-refractivity contribution in [1.82, 2.24) is 4.90 Å². The quantitative estimate of drug-likeness (QED) is 0.0417. The normalized spacial score (nSPS) is 12.0. The van der Waals surface area contributed by atoms with Crippen LogP contribution in [0.25, 0.3) is 0 Å². The van der Waals surface area contributed by atoms with Crippen molar-refractivity contribution in [2.75, 3.05) is 53.2 Å². The van der Waals surface area contributed by atoms with Gasteiger partial charge in [0.05, 0.1) is 0 Å². The van der Waals surface area contributed by atoms with Gasteiger partial charge in [0.2, 0.25) is 0 Å². The molecule has 7 heteroatoms. The monoisotopic (exact) mass is 956 g/mol. The van der Waals surface area contributed by atoms with E-state index >= 15 is 0 Å². The van der Waals surface area contributed by atoms with Gasteiger partial charge >= 0.3 is 0 Å². The average Bonchev–Trinajstić information content (AvgIpc) is 3.18. The van der Waals surface area contributed by atoms with Crippen LogP contribution >= 0.6 is 0 Å². The van der Waals surface area contributed by atoms with Crippen LogP contribution in [0, 0.1) is 11.8 Å². The van der Waals surface area contributed by atoms with Crippen LogP contribution in [0.2, 0.25) is 0 Å². The number of aldehydes is 1. The van der Waals surface area contributed by atoms with E-state index in [1.165, 1.54) is 154 Å². The van der Waals surface area contributed by atoms with Gasteiger partial charge in [-0.1, -0.05) is 163 Å². The van der Waals surface area contributed by atoms with Gasteiger partial charge in [0.15, 0.2) is 0 Å². The summed E-state index contributed by atoms with van der Waals surface area (Å²) in [4.78, 5) is 12.7. The van der Waals surface area contributed by atoms with Crippen LogP contribution in [0.1, 0.15) is 240 Å². The molecule has 0 saturated heterocycles. The van der Waals surface area contributed by atoms with Crippen LogP contribution in [0.3, 0.4) is 0 Å². The molecule has 0 aliphatic rings. The Kier molecular flexibility index (Phi) is 65.7. The fourth-order valence-electron chi connectivity index (χ4n) is 7.17. The Labute approximate surface area is 360 Å². The first-order valence-electron chi connectivity index (χ1n) is 24.0. The molecule has 0 bridgehead atoms. The molecule has 55 heavy (non-hydrogen) atoms. The van der Waals surface area contributed by atoms with Gasteiger partial charge in [-0.05, 0) is 102 Å². The van der Waals surface area contributed by atoms with Crippen LogP contribution < -0.4 is 0 Å². The molecule has 6 nitrogen and oxygen atoms in total. The second-order valence-corrected chi connectivity index (χ2v) is 16.3. The summed E-state index contributed by atoms with van der Waals surface area (Å²) in [5.41, 5.74) is 0. The number of aliphatic hydroxyl groups excluding tert-OH is 3. The standard InChI is InChI=1S/C17H36O.C16H34O.C15H31NO3.W/c1-4-6-8-10-11-13-15-17(16-18-3)14-12-9-7-5-2;1-3-5-7-9-10-12-14-16(15-17)13-11-8-6-4-2;17-13-7-2-1-4-10-16(12-6-9-15-19)11-5-3-8-14-18;/h17H,4-16H2,1-3H3;16-17H,3-15H2,1-2H3;13,18-19H,1-12,14-15H2;. The molecule has 0 rings (SSSR count). The average molecular weight is 956 g/mol. The molecule has 0 aromatic rings. The molecule has 0 radical (unpaired) electrons. The van der Waals surface area contributed by atoms with Crippen molar-refractivity contribution in [3.63, 3.8) is 0 Å². The number of nitrogens with zero attached hydrogens (tertiary/aromatic N) is 1. The number of hydrogen-bond donors (Lipinski definition) is 3. The predicted molar refractivity (Wildman–Crippen MR) is 238 cm³/mol. The third-order valence-corrected chi connectivity index (χ3v) is 10.8. The second kappa shape index (κ2) is 58.5. The van der Waals surface area contributed by atoms with Gasteiger partial charge in [0.25, 0.3) is 0 Å². The van der Waals surface area contributed by atoms with E-state index in [9.17, 15) is 9.90 Å². The van der Waals surface area contributed by atoms with Crippen molar-refractivity contribution in [3.8, 4) is 0 Å². The van der Waals surface area contributed by atoms with Crippen molar-refractivity contribution in [2.45, 2.75) is 240 Å². The minimum absolute atomic E-state index is 0. The summed E-state index contributed by atoms with van der Waals surface area (Å²) in [6.07, 6.45) is 42.8. The second-order valence-electron chi connectivity index (χ2n) is 16.3. The van der Waals surface area contributed by atoms with Gasteiger partial charge in [0.1, 0.15) is 6.29 Å². The Morgan fingerprint density at radius 3 is 1.16 bits per heavy atom. The molecule has 2 unspecified atom stereocenters. The molecule has 0 aliphatic heterocycles. The Hall–Kier alpha value is 0.158. The summed E-state index contributed by atoms with van der Waals surface area (Å²) in [7, 11) is 1.85. The fourth-order valence-corrected chi connectivity index (χ4v) is 7.17. The maximum atomic E-state index is 10.2. The first-order valence-corrected chi connectivity index (χ1v) is 24.0. The van der Waals surface area contributed by atoms with Crippen molar-refractivity contribution in [2.24, 2.45) is 11.8 Å². The largest absolute Gasteiger partial charge is 0.396 e.